The van der Waals surface area contributed by atoms with Gasteiger partial charge in [0.1, 0.15) is 0 Å². The van der Waals surface area contributed by atoms with Gasteiger partial charge < -0.3 is 10.1 Å². The summed E-state index contributed by atoms with van der Waals surface area (Å²) in [4.78, 5) is 0. The van der Waals surface area contributed by atoms with Gasteiger partial charge in [-0.05, 0) is 62.8 Å². The second-order valence-electron chi connectivity index (χ2n) is 6.77. The molecule has 3 rings (SSSR count). The molecule has 3 heteroatoms. The second kappa shape index (κ2) is 6.39. The van der Waals surface area contributed by atoms with Gasteiger partial charge in [-0.25, -0.2) is 0 Å². The van der Waals surface area contributed by atoms with Gasteiger partial charge in [0, 0.05) is 17.1 Å². The van der Waals surface area contributed by atoms with E-state index in [1.54, 1.807) is 0 Å². The van der Waals surface area contributed by atoms with Crippen LogP contribution in [0.15, 0.2) is 22.7 Å². The average Bonchev–Trinajstić information content (AvgIpc) is 2.91. The Bertz CT molecular complexity index is 496. The van der Waals surface area contributed by atoms with Gasteiger partial charge in [0.25, 0.3) is 0 Å². The SMILES string of the molecule is CNC(c1ccc(C)c(Br)c1)C1CCOC2(CCCC2)C1. The van der Waals surface area contributed by atoms with Crippen molar-refractivity contribution in [3.05, 3.63) is 33.8 Å². The third-order valence-corrected chi connectivity index (χ3v) is 6.24. The molecule has 0 aromatic heterocycles. The van der Waals surface area contributed by atoms with E-state index in [2.05, 4.69) is 53.4 Å². The zero-order valence-corrected chi connectivity index (χ0v) is 14.7. The quantitative estimate of drug-likeness (QED) is 0.847. The summed E-state index contributed by atoms with van der Waals surface area (Å²) in [7, 11) is 2.09. The first-order chi connectivity index (χ1) is 10.1. The number of hydrogen-bond donors (Lipinski definition) is 1. The summed E-state index contributed by atoms with van der Waals surface area (Å²) in [6, 6.07) is 7.21. The first-order valence-electron chi connectivity index (χ1n) is 8.21. The van der Waals surface area contributed by atoms with Gasteiger partial charge >= 0.3 is 0 Å². The lowest BCUT2D eigenvalue weighted by Gasteiger charge is -2.41. The Balaban J connectivity index is 1.80. The normalized spacial score (nSPS) is 26.1. The number of aryl methyl sites for hydroxylation is 1. The zero-order chi connectivity index (χ0) is 14.9. The molecular weight excluding hydrogens is 326 g/mol. The molecule has 116 valence electrons. The van der Waals surface area contributed by atoms with E-state index in [0.29, 0.717) is 12.0 Å². The van der Waals surface area contributed by atoms with Crippen LogP contribution in [0.25, 0.3) is 0 Å². The summed E-state index contributed by atoms with van der Waals surface area (Å²) in [6.07, 6.45) is 7.58. The predicted octanol–water partition coefficient (Wildman–Crippen LogP) is 4.76. The summed E-state index contributed by atoms with van der Waals surface area (Å²) in [6.45, 7) is 3.07. The lowest BCUT2D eigenvalue weighted by atomic mass is 9.78. The van der Waals surface area contributed by atoms with Crippen LogP contribution in [-0.4, -0.2) is 19.3 Å². The molecule has 0 radical (unpaired) electrons. The topological polar surface area (TPSA) is 21.3 Å². The molecule has 1 aromatic carbocycles. The molecule has 2 nitrogen and oxygen atoms in total. The van der Waals surface area contributed by atoms with Crippen molar-refractivity contribution in [1.29, 1.82) is 0 Å². The van der Waals surface area contributed by atoms with Crippen LogP contribution >= 0.6 is 15.9 Å². The molecule has 1 N–H and O–H groups in total. The fraction of sp³-hybridized carbons (Fsp3) is 0.667. The first-order valence-corrected chi connectivity index (χ1v) is 9.00. The average molecular weight is 352 g/mol. The van der Waals surface area contributed by atoms with E-state index in [1.165, 1.54) is 54.1 Å². The van der Waals surface area contributed by atoms with Gasteiger partial charge in [0.15, 0.2) is 0 Å². The smallest absolute Gasteiger partial charge is 0.0686 e. The van der Waals surface area contributed by atoms with E-state index >= 15 is 0 Å². The minimum absolute atomic E-state index is 0.194. The minimum atomic E-state index is 0.194. The van der Waals surface area contributed by atoms with Crippen LogP contribution in [0.1, 0.15) is 55.7 Å². The van der Waals surface area contributed by atoms with E-state index in [-0.39, 0.29) is 5.60 Å². The predicted molar refractivity (Wildman–Crippen MR) is 90.6 cm³/mol. The van der Waals surface area contributed by atoms with Gasteiger partial charge in [0.2, 0.25) is 0 Å². The number of nitrogens with one attached hydrogen (secondary N) is 1. The van der Waals surface area contributed by atoms with Gasteiger partial charge in [-0.1, -0.05) is 40.9 Å². The van der Waals surface area contributed by atoms with E-state index in [1.807, 2.05) is 0 Å². The van der Waals surface area contributed by atoms with Crippen molar-refractivity contribution in [2.24, 2.45) is 5.92 Å². The largest absolute Gasteiger partial charge is 0.375 e. The molecule has 1 aliphatic carbocycles. The molecule has 1 aliphatic heterocycles. The highest BCUT2D eigenvalue weighted by molar-refractivity contribution is 9.10. The highest BCUT2D eigenvalue weighted by atomic mass is 79.9. The minimum Gasteiger partial charge on any atom is -0.375 e. The molecule has 21 heavy (non-hydrogen) atoms. The van der Waals surface area contributed by atoms with Crippen LogP contribution in [0.5, 0.6) is 0 Å². The van der Waals surface area contributed by atoms with Crippen molar-refractivity contribution in [3.8, 4) is 0 Å². The van der Waals surface area contributed by atoms with Crippen molar-refractivity contribution in [3.63, 3.8) is 0 Å². The van der Waals surface area contributed by atoms with Crippen molar-refractivity contribution < 1.29 is 4.74 Å². The van der Waals surface area contributed by atoms with E-state index in [4.69, 9.17) is 4.74 Å². The van der Waals surface area contributed by atoms with Gasteiger partial charge in [-0.3, -0.25) is 0 Å². The number of rotatable bonds is 3. The van der Waals surface area contributed by atoms with Crippen molar-refractivity contribution in [2.75, 3.05) is 13.7 Å². The highest BCUT2D eigenvalue weighted by Gasteiger charge is 2.42. The zero-order valence-electron chi connectivity index (χ0n) is 13.1. The maximum absolute atomic E-state index is 6.19. The molecular formula is C18H26BrNO. The maximum atomic E-state index is 6.19. The van der Waals surface area contributed by atoms with Crippen LogP contribution in [0.3, 0.4) is 0 Å². The lowest BCUT2D eigenvalue weighted by molar-refractivity contribution is -0.0978. The Morgan fingerprint density at radius 1 is 1.33 bits per heavy atom. The molecule has 2 aliphatic rings. The highest BCUT2D eigenvalue weighted by Crippen LogP contribution is 2.45. The number of hydrogen-bond acceptors (Lipinski definition) is 2. The van der Waals surface area contributed by atoms with E-state index in [9.17, 15) is 0 Å². The Morgan fingerprint density at radius 2 is 2.10 bits per heavy atom. The first kappa shape index (κ1) is 15.5. The molecule has 2 atom stereocenters. The van der Waals surface area contributed by atoms with Crippen LogP contribution in [0, 0.1) is 12.8 Å². The Kier molecular flexibility index (Phi) is 4.72. The maximum Gasteiger partial charge on any atom is 0.0686 e. The van der Waals surface area contributed by atoms with Gasteiger partial charge in [0.05, 0.1) is 5.60 Å². The Labute approximate surface area is 136 Å². The van der Waals surface area contributed by atoms with Gasteiger partial charge in [-0.15, -0.1) is 0 Å². The molecule has 2 unspecified atom stereocenters. The fourth-order valence-corrected chi connectivity index (χ4v) is 4.59. The lowest BCUT2D eigenvalue weighted by Crippen LogP contribution is -2.41. The van der Waals surface area contributed by atoms with Crippen molar-refractivity contribution >= 4 is 15.9 Å². The molecule has 1 spiro atoms. The third-order valence-electron chi connectivity index (χ3n) is 5.38. The van der Waals surface area contributed by atoms with Gasteiger partial charge in [-0.2, -0.15) is 0 Å². The number of ether oxygens (including phenoxy) is 1. The van der Waals surface area contributed by atoms with Crippen molar-refractivity contribution in [2.45, 2.75) is 57.1 Å². The molecule has 1 heterocycles. The fourth-order valence-electron chi connectivity index (χ4n) is 4.20. The summed E-state index contributed by atoms with van der Waals surface area (Å²) in [5.74, 6) is 0.677. The molecule has 2 fully saturated rings. The van der Waals surface area contributed by atoms with Crippen LogP contribution in [0.2, 0.25) is 0 Å². The van der Waals surface area contributed by atoms with Crippen LogP contribution in [0.4, 0.5) is 0 Å². The molecule has 1 saturated carbocycles. The summed E-state index contributed by atoms with van der Waals surface area (Å²) < 4.78 is 7.40. The summed E-state index contributed by atoms with van der Waals surface area (Å²) >= 11 is 3.67. The Morgan fingerprint density at radius 3 is 2.76 bits per heavy atom. The monoisotopic (exact) mass is 351 g/mol. The van der Waals surface area contributed by atoms with E-state index in [0.717, 1.165) is 6.61 Å². The Hall–Kier alpha value is -0.380. The second-order valence-corrected chi connectivity index (χ2v) is 7.62. The molecule has 1 aromatic rings. The van der Waals surface area contributed by atoms with Crippen LogP contribution < -0.4 is 5.32 Å². The van der Waals surface area contributed by atoms with Crippen LogP contribution in [-0.2, 0) is 4.74 Å². The molecule has 0 bridgehead atoms. The van der Waals surface area contributed by atoms with Crippen molar-refractivity contribution in [1.82, 2.24) is 5.32 Å². The molecule has 1 saturated heterocycles. The molecule has 0 amide bonds. The third kappa shape index (κ3) is 3.20. The van der Waals surface area contributed by atoms with E-state index < -0.39 is 0 Å². The number of benzene rings is 1. The summed E-state index contributed by atoms with van der Waals surface area (Å²) in [5, 5.41) is 3.56. The standard InChI is InChI=1S/C18H26BrNO/c1-13-5-6-14(11-16(13)19)17(20-2)15-7-10-21-18(12-15)8-3-4-9-18/h5-6,11,15,17,20H,3-4,7-10,12H2,1-2H3. The summed E-state index contributed by atoms with van der Waals surface area (Å²) in [5.41, 5.74) is 2.89. The number of halogens is 1.